The highest BCUT2D eigenvalue weighted by molar-refractivity contribution is 8.00. The maximum absolute atomic E-state index is 13.4. The van der Waals surface area contributed by atoms with Crippen molar-refractivity contribution in [1.82, 2.24) is 0 Å². The third-order valence-corrected chi connectivity index (χ3v) is 7.88. The molecule has 0 radical (unpaired) electrons. The van der Waals surface area contributed by atoms with Gasteiger partial charge in [0.05, 0.1) is 22.7 Å². The molecule has 170 valence electrons. The molecule has 2 amide bonds. The zero-order valence-corrected chi connectivity index (χ0v) is 19.7. The Balaban J connectivity index is 1.30. The highest BCUT2D eigenvalue weighted by Gasteiger charge is 2.36. The Morgan fingerprint density at radius 3 is 2.62 bits per heavy atom. The van der Waals surface area contributed by atoms with Crippen LogP contribution >= 0.6 is 23.5 Å². The molecule has 34 heavy (non-hydrogen) atoms. The summed E-state index contributed by atoms with van der Waals surface area (Å²) in [4.78, 5) is 29.6. The maximum atomic E-state index is 13.4. The Labute approximate surface area is 205 Å². The summed E-state index contributed by atoms with van der Waals surface area (Å²) in [6.45, 7) is 0. The standard InChI is InChI=1S/C27H21FN2O2S2/c28-19-14-12-18(13-15-19)24(31)17-33-21-7-5-6-20(16-21)29-27(32)30-22-8-1-3-10-25(22)34-26-11-4-2-9-23(26)30/h1-16,22,25H,17H2,(H,29,32). The quantitative estimate of drug-likeness (QED) is 0.317. The van der Waals surface area contributed by atoms with E-state index in [2.05, 4.69) is 17.5 Å². The van der Waals surface area contributed by atoms with Crippen LogP contribution in [0.15, 0.2) is 107 Å². The lowest BCUT2D eigenvalue weighted by atomic mass is 10.1. The molecule has 2 aliphatic rings. The smallest absolute Gasteiger partial charge is 0.307 e. The van der Waals surface area contributed by atoms with Gasteiger partial charge in [0, 0.05) is 21.0 Å². The highest BCUT2D eigenvalue weighted by Crippen LogP contribution is 2.43. The highest BCUT2D eigenvalue weighted by atomic mass is 32.2. The van der Waals surface area contributed by atoms with E-state index in [1.165, 1.54) is 36.0 Å². The fraction of sp³-hybridized carbons (Fsp3) is 0.111. The second kappa shape index (κ2) is 9.91. The molecule has 3 aromatic rings. The molecular weight excluding hydrogens is 467 g/mol. The molecule has 2 unspecified atom stereocenters. The molecule has 1 N–H and O–H groups in total. The van der Waals surface area contributed by atoms with E-state index >= 15 is 0 Å². The number of benzene rings is 3. The van der Waals surface area contributed by atoms with Gasteiger partial charge >= 0.3 is 6.03 Å². The van der Waals surface area contributed by atoms with E-state index in [-0.39, 0.29) is 34.7 Å². The average molecular weight is 489 g/mol. The summed E-state index contributed by atoms with van der Waals surface area (Å²) in [7, 11) is 0. The first kappa shape index (κ1) is 22.5. The number of amides is 2. The van der Waals surface area contributed by atoms with Gasteiger partial charge in [-0.1, -0.05) is 42.5 Å². The third-order valence-electron chi connectivity index (χ3n) is 5.58. The SMILES string of the molecule is O=C(CSc1cccc(NC(=O)N2c3ccccc3SC3C=CC=CC32)c1)c1ccc(F)cc1. The van der Waals surface area contributed by atoms with Crippen LogP contribution in [-0.4, -0.2) is 28.9 Å². The number of urea groups is 1. The predicted octanol–water partition coefficient (Wildman–Crippen LogP) is 6.81. The van der Waals surface area contributed by atoms with Crippen LogP contribution in [0.5, 0.6) is 0 Å². The number of hydrogen-bond acceptors (Lipinski definition) is 4. The number of Topliss-reactive ketones (excluding diaryl/α,β-unsaturated/α-hetero) is 1. The lowest BCUT2D eigenvalue weighted by molar-refractivity contribution is 0.102. The minimum absolute atomic E-state index is 0.0733. The van der Waals surface area contributed by atoms with Crippen LogP contribution in [0, 0.1) is 5.82 Å². The van der Waals surface area contributed by atoms with Crippen LogP contribution in [0.25, 0.3) is 0 Å². The van der Waals surface area contributed by atoms with E-state index in [9.17, 15) is 14.0 Å². The first-order valence-electron chi connectivity index (χ1n) is 10.8. The van der Waals surface area contributed by atoms with Gasteiger partial charge in [-0.2, -0.15) is 0 Å². The second-order valence-corrected chi connectivity index (χ2v) is 10.1. The van der Waals surface area contributed by atoms with Crippen molar-refractivity contribution in [2.45, 2.75) is 21.1 Å². The molecule has 5 rings (SSSR count). The summed E-state index contributed by atoms with van der Waals surface area (Å²) in [5.74, 6) is -0.223. The van der Waals surface area contributed by atoms with Crippen molar-refractivity contribution in [1.29, 1.82) is 0 Å². The first-order chi connectivity index (χ1) is 16.6. The zero-order chi connectivity index (χ0) is 23.5. The Bertz CT molecular complexity index is 1290. The zero-order valence-electron chi connectivity index (χ0n) is 18.1. The van der Waals surface area contributed by atoms with Gasteiger partial charge in [0.15, 0.2) is 5.78 Å². The predicted molar refractivity (Wildman–Crippen MR) is 138 cm³/mol. The fourth-order valence-corrected chi connectivity index (χ4v) is 6.05. The number of allylic oxidation sites excluding steroid dienone is 2. The molecular formula is C27H21FN2O2S2. The number of carbonyl (C=O) groups excluding carboxylic acids is 2. The Kier molecular flexibility index (Phi) is 6.56. The number of fused-ring (bicyclic) bond motifs is 2. The number of anilines is 2. The second-order valence-electron chi connectivity index (χ2n) is 7.86. The van der Waals surface area contributed by atoms with Crippen LogP contribution in [0.1, 0.15) is 10.4 Å². The molecule has 4 nitrogen and oxygen atoms in total. The van der Waals surface area contributed by atoms with Gasteiger partial charge < -0.3 is 5.32 Å². The van der Waals surface area contributed by atoms with Crippen LogP contribution in [-0.2, 0) is 0 Å². The van der Waals surface area contributed by atoms with Crippen LogP contribution in [0.2, 0.25) is 0 Å². The minimum atomic E-state index is -0.367. The summed E-state index contributed by atoms with van der Waals surface area (Å²) < 4.78 is 13.1. The van der Waals surface area contributed by atoms with Crippen molar-refractivity contribution < 1.29 is 14.0 Å². The van der Waals surface area contributed by atoms with E-state index in [4.69, 9.17) is 0 Å². The Morgan fingerprint density at radius 2 is 1.76 bits per heavy atom. The largest absolute Gasteiger partial charge is 0.326 e. The Hall–Kier alpha value is -3.29. The van der Waals surface area contributed by atoms with Gasteiger partial charge in [0.2, 0.25) is 0 Å². The number of para-hydroxylation sites is 1. The molecule has 7 heteroatoms. The average Bonchev–Trinajstić information content (AvgIpc) is 2.86. The molecule has 2 atom stereocenters. The molecule has 0 aromatic heterocycles. The normalized spacial score (nSPS) is 18.2. The van der Waals surface area contributed by atoms with E-state index < -0.39 is 0 Å². The molecule has 1 aliphatic carbocycles. The van der Waals surface area contributed by atoms with E-state index in [0.717, 1.165) is 15.5 Å². The van der Waals surface area contributed by atoms with Crippen molar-refractivity contribution >= 4 is 46.7 Å². The number of nitrogens with zero attached hydrogens (tertiary/aromatic N) is 1. The summed E-state index contributed by atoms with van der Waals surface area (Å²) in [5.41, 5.74) is 2.03. The molecule has 0 bridgehead atoms. The monoisotopic (exact) mass is 488 g/mol. The number of hydrogen-bond donors (Lipinski definition) is 1. The molecule has 1 heterocycles. The number of thioether (sulfide) groups is 2. The van der Waals surface area contributed by atoms with Crippen LogP contribution < -0.4 is 10.2 Å². The van der Waals surface area contributed by atoms with E-state index in [1.54, 1.807) is 11.8 Å². The van der Waals surface area contributed by atoms with Gasteiger partial charge in [-0.3, -0.25) is 9.69 Å². The van der Waals surface area contributed by atoms with Crippen LogP contribution in [0.4, 0.5) is 20.6 Å². The number of halogens is 1. The summed E-state index contributed by atoms with van der Waals surface area (Å²) in [5, 5.41) is 3.19. The number of rotatable bonds is 5. The molecule has 3 aromatic carbocycles. The fourth-order valence-electron chi connectivity index (χ4n) is 3.94. The summed E-state index contributed by atoms with van der Waals surface area (Å²) in [6, 6.07) is 20.7. The molecule has 0 spiro atoms. The molecule has 0 saturated carbocycles. The lowest BCUT2D eigenvalue weighted by Gasteiger charge is -2.40. The lowest BCUT2D eigenvalue weighted by Crippen LogP contribution is -2.49. The van der Waals surface area contributed by atoms with Gasteiger partial charge in [0.25, 0.3) is 0 Å². The van der Waals surface area contributed by atoms with Crippen molar-refractivity contribution in [2.24, 2.45) is 0 Å². The van der Waals surface area contributed by atoms with Gasteiger partial charge in [-0.25, -0.2) is 9.18 Å². The van der Waals surface area contributed by atoms with Gasteiger partial charge in [0.1, 0.15) is 5.82 Å². The summed E-state index contributed by atoms with van der Waals surface area (Å²) in [6.07, 6.45) is 8.18. The minimum Gasteiger partial charge on any atom is -0.307 e. The van der Waals surface area contributed by atoms with Crippen molar-refractivity contribution in [3.05, 3.63) is 108 Å². The maximum Gasteiger partial charge on any atom is 0.326 e. The molecule has 0 fully saturated rings. The van der Waals surface area contributed by atoms with Gasteiger partial charge in [-0.05, 0) is 54.6 Å². The number of carbonyl (C=O) groups is 2. The van der Waals surface area contributed by atoms with Crippen molar-refractivity contribution in [3.63, 3.8) is 0 Å². The first-order valence-corrected chi connectivity index (χ1v) is 12.7. The van der Waals surface area contributed by atoms with E-state index in [0.29, 0.717) is 11.3 Å². The van der Waals surface area contributed by atoms with E-state index in [1.807, 2.05) is 65.6 Å². The molecule has 0 saturated heterocycles. The van der Waals surface area contributed by atoms with Crippen molar-refractivity contribution in [3.8, 4) is 0 Å². The number of nitrogens with one attached hydrogen (secondary N) is 1. The van der Waals surface area contributed by atoms with Crippen molar-refractivity contribution in [2.75, 3.05) is 16.0 Å². The molecule has 1 aliphatic heterocycles. The topological polar surface area (TPSA) is 49.4 Å². The van der Waals surface area contributed by atoms with Gasteiger partial charge in [-0.15, -0.1) is 23.5 Å². The van der Waals surface area contributed by atoms with Crippen LogP contribution in [0.3, 0.4) is 0 Å². The summed E-state index contributed by atoms with van der Waals surface area (Å²) >= 11 is 3.14. The number of ketones is 1. The Morgan fingerprint density at radius 1 is 0.971 bits per heavy atom. The third kappa shape index (κ3) is 4.81.